The topological polar surface area (TPSA) is 42.1 Å². The lowest BCUT2D eigenvalue weighted by atomic mass is 10.4. The molecule has 0 fully saturated rings. The van der Waals surface area contributed by atoms with Crippen LogP contribution in [0.2, 0.25) is 0 Å². The largest absolute Gasteiger partial charge is 0.492 e. The summed E-state index contributed by atoms with van der Waals surface area (Å²) in [7, 11) is 0. The summed E-state index contributed by atoms with van der Waals surface area (Å²) in [4.78, 5) is 13.1. The molecule has 0 bridgehead atoms. The fourth-order valence-corrected chi connectivity index (χ4v) is 0.840. The Morgan fingerprint density at radius 3 is 2.92 bits per heavy atom. The van der Waals surface area contributed by atoms with E-state index in [4.69, 9.17) is 16.3 Å². The summed E-state index contributed by atoms with van der Waals surface area (Å²) in [6.45, 7) is 0.579. The van der Waals surface area contributed by atoms with Crippen LogP contribution in [0.25, 0.3) is 0 Å². The molecule has 0 aliphatic rings. The Labute approximate surface area is 75.3 Å². The number of hydrogen-bond donors (Lipinski definition) is 1. The van der Waals surface area contributed by atoms with Gasteiger partial charge in [0.25, 0.3) is 0 Å². The second-order valence-corrected chi connectivity index (χ2v) is 2.66. The molecule has 0 saturated carbocycles. The van der Waals surface area contributed by atoms with Crippen LogP contribution < -0.4 is 10.3 Å². The van der Waals surface area contributed by atoms with Crippen molar-refractivity contribution in [2.75, 3.05) is 12.5 Å². The van der Waals surface area contributed by atoms with E-state index in [9.17, 15) is 4.79 Å². The maximum Gasteiger partial charge on any atom is 0.248 e. The average Bonchev–Trinajstić information content (AvgIpc) is 2.09. The molecule has 0 amide bonds. The van der Waals surface area contributed by atoms with E-state index in [0.717, 1.165) is 6.42 Å². The zero-order chi connectivity index (χ0) is 8.81. The maximum absolute atomic E-state index is 10.6. The minimum absolute atomic E-state index is 0.125. The molecule has 0 aliphatic carbocycles. The highest BCUT2D eigenvalue weighted by Crippen LogP contribution is 2.04. The van der Waals surface area contributed by atoms with Gasteiger partial charge < -0.3 is 9.72 Å². The van der Waals surface area contributed by atoms with Gasteiger partial charge in [0.2, 0.25) is 5.56 Å². The lowest BCUT2D eigenvalue weighted by Gasteiger charge is -2.02. The quantitative estimate of drug-likeness (QED) is 0.572. The van der Waals surface area contributed by atoms with Crippen molar-refractivity contribution in [3.8, 4) is 5.75 Å². The van der Waals surface area contributed by atoms with Crippen LogP contribution in [0.5, 0.6) is 5.75 Å². The van der Waals surface area contributed by atoms with Crippen LogP contribution >= 0.6 is 11.6 Å². The van der Waals surface area contributed by atoms with Gasteiger partial charge in [0, 0.05) is 18.1 Å². The molecule has 0 atom stereocenters. The monoisotopic (exact) mass is 187 g/mol. The third kappa shape index (κ3) is 2.96. The molecule has 1 rings (SSSR count). The highest BCUT2D eigenvalue weighted by molar-refractivity contribution is 6.17. The Morgan fingerprint density at radius 2 is 2.33 bits per heavy atom. The van der Waals surface area contributed by atoms with Crippen LogP contribution in [0.15, 0.2) is 23.1 Å². The number of alkyl halides is 1. The number of ether oxygens (including phenoxy) is 1. The normalized spacial score (nSPS) is 9.75. The van der Waals surface area contributed by atoms with E-state index < -0.39 is 0 Å². The minimum atomic E-state index is -0.125. The van der Waals surface area contributed by atoms with Gasteiger partial charge in [-0.05, 0) is 12.5 Å². The summed E-state index contributed by atoms with van der Waals surface area (Å²) in [5, 5.41) is 0. The SMILES string of the molecule is O=c1ccc(OCCCCl)c[nH]1. The molecule has 66 valence electrons. The van der Waals surface area contributed by atoms with Crippen LogP contribution in [0.3, 0.4) is 0 Å². The van der Waals surface area contributed by atoms with E-state index in [1.807, 2.05) is 0 Å². The lowest BCUT2D eigenvalue weighted by Crippen LogP contribution is -2.04. The summed E-state index contributed by atoms with van der Waals surface area (Å²) in [5.41, 5.74) is -0.125. The number of pyridine rings is 1. The van der Waals surface area contributed by atoms with Gasteiger partial charge in [0.15, 0.2) is 0 Å². The molecule has 1 heterocycles. The molecule has 0 aromatic carbocycles. The number of halogens is 1. The second-order valence-electron chi connectivity index (χ2n) is 2.28. The van der Waals surface area contributed by atoms with Crippen molar-refractivity contribution < 1.29 is 4.74 Å². The molecular formula is C8H10ClNO2. The van der Waals surface area contributed by atoms with Gasteiger partial charge in [-0.1, -0.05) is 0 Å². The molecule has 0 unspecified atom stereocenters. The van der Waals surface area contributed by atoms with Gasteiger partial charge in [0.1, 0.15) is 5.75 Å². The van der Waals surface area contributed by atoms with Crippen molar-refractivity contribution in [2.45, 2.75) is 6.42 Å². The van der Waals surface area contributed by atoms with Crippen molar-refractivity contribution in [1.82, 2.24) is 4.98 Å². The summed E-state index contributed by atoms with van der Waals surface area (Å²) in [6, 6.07) is 3.06. The predicted molar refractivity (Wildman–Crippen MR) is 47.9 cm³/mol. The van der Waals surface area contributed by atoms with Crippen LogP contribution in [0, 0.1) is 0 Å². The Bertz CT molecular complexity index is 264. The first-order valence-corrected chi connectivity index (χ1v) is 4.24. The van der Waals surface area contributed by atoms with Crippen molar-refractivity contribution in [1.29, 1.82) is 0 Å². The number of H-pyrrole nitrogens is 1. The zero-order valence-corrected chi connectivity index (χ0v) is 7.30. The standard InChI is InChI=1S/C8H10ClNO2/c9-4-1-5-12-7-2-3-8(11)10-6-7/h2-3,6H,1,4-5H2,(H,10,11). The summed E-state index contributed by atoms with van der Waals surface area (Å²) < 4.78 is 5.25. The first-order chi connectivity index (χ1) is 5.83. The second kappa shape index (κ2) is 4.83. The number of nitrogens with one attached hydrogen (secondary N) is 1. The molecule has 0 saturated heterocycles. The third-order valence-electron chi connectivity index (χ3n) is 1.30. The molecular weight excluding hydrogens is 178 g/mol. The van der Waals surface area contributed by atoms with Crippen LogP contribution in [-0.4, -0.2) is 17.5 Å². The van der Waals surface area contributed by atoms with Gasteiger partial charge in [0.05, 0.1) is 6.61 Å². The number of aromatic amines is 1. The van der Waals surface area contributed by atoms with Crippen LogP contribution in [-0.2, 0) is 0 Å². The summed E-state index contributed by atoms with van der Waals surface area (Å²) in [5.74, 6) is 1.25. The minimum Gasteiger partial charge on any atom is -0.492 e. The van der Waals surface area contributed by atoms with Gasteiger partial charge in [-0.15, -0.1) is 11.6 Å². The van der Waals surface area contributed by atoms with E-state index >= 15 is 0 Å². The molecule has 1 aromatic heterocycles. The zero-order valence-electron chi connectivity index (χ0n) is 6.55. The van der Waals surface area contributed by atoms with E-state index in [0.29, 0.717) is 18.2 Å². The number of hydrogen-bond acceptors (Lipinski definition) is 2. The molecule has 12 heavy (non-hydrogen) atoms. The fraction of sp³-hybridized carbons (Fsp3) is 0.375. The summed E-state index contributed by atoms with van der Waals surface area (Å²) >= 11 is 5.46. The Balaban J connectivity index is 2.42. The first-order valence-electron chi connectivity index (χ1n) is 3.70. The van der Waals surface area contributed by atoms with E-state index in [-0.39, 0.29) is 5.56 Å². The van der Waals surface area contributed by atoms with Crippen LogP contribution in [0.1, 0.15) is 6.42 Å². The van der Waals surface area contributed by atoms with Gasteiger partial charge in [-0.3, -0.25) is 4.79 Å². The van der Waals surface area contributed by atoms with Gasteiger partial charge in [-0.2, -0.15) is 0 Å². The van der Waals surface area contributed by atoms with Gasteiger partial charge >= 0.3 is 0 Å². The Hall–Kier alpha value is -0.960. The van der Waals surface area contributed by atoms with E-state index in [1.54, 1.807) is 6.07 Å². The van der Waals surface area contributed by atoms with Crippen molar-refractivity contribution in [3.05, 3.63) is 28.7 Å². The fourth-order valence-electron chi connectivity index (χ4n) is 0.731. The number of aromatic nitrogens is 1. The Kier molecular flexibility index (Phi) is 3.67. The highest BCUT2D eigenvalue weighted by atomic mass is 35.5. The smallest absolute Gasteiger partial charge is 0.248 e. The molecule has 0 aliphatic heterocycles. The molecule has 1 N–H and O–H groups in total. The Morgan fingerprint density at radius 1 is 1.50 bits per heavy atom. The van der Waals surface area contributed by atoms with Crippen molar-refractivity contribution >= 4 is 11.6 Å². The molecule has 3 nitrogen and oxygen atoms in total. The maximum atomic E-state index is 10.6. The van der Waals surface area contributed by atoms with Crippen LogP contribution in [0.4, 0.5) is 0 Å². The van der Waals surface area contributed by atoms with E-state index in [1.165, 1.54) is 12.3 Å². The molecule has 0 spiro atoms. The highest BCUT2D eigenvalue weighted by Gasteiger charge is 1.91. The molecule has 0 radical (unpaired) electrons. The number of rotatable bonds is 4. The van der Waals surface area contributed by atoms with Gasteiger partial charge in [-0.25, -0.2) is 0 Å². The van der Waals surface area contributed by atoms with Crippen molar-refractivity contribution in [3.63, 3.8) is 0 Å². The van der Waals surface area contributed by atoms with E-state index in [2.05, 4.69) is 4.98 Å². The molecule has 1 aromatic rings. The molecule has 4 heteroatoms. The third-order valence-corrected chi connectivity index (χ3v) is 1.57. The lowest BCUT2D eigenvalue weighted by molar-refractivity contribution is 0.317. The average molecular weight is 188 g/mol. The predicted octanol–water partition coefficient (Wildman–Crippen LogP) is 1.38. The van der Waals surface area contributed by atoms with Crippen molar-refractivity contribution in [2.24, 2.45) is 0 Å². The first kappa shape index (κ1) is 9.13. The summed E-state index contributed by atoms with van der Waals surface area (Å²) in [6.07, 6.45) is 2.34.